The van der Waals surface area contributed by atoms with Crippen molar-refractivity contribution in [3.8, 4) is 0 Å². The van der Waals surface area contributed by atoms with E-state index in [0.717, 1.165) is 37.0 Å². The fourth-order valence-electron chi connectivity index (χ4n) is 4.70. The Bertz CT molecular complexity index is 646. The lowest BCUT2D eigenvalue weighted by atomic mass is 9.72. The summed E-state index contributed by atoms with van der Waals surface area (Å²) in [5.74, 6) is 2.00. The van der Waals surface area contributed by atoms with Gasteiger partial charge in [-0.2, -0.15) is 0 Å². The molecule has 3 aliphatic rings. The highest BCUT2D eigenvalue weighted by Crippen LogP contribution is 2.52. The first-order valence-corrected chi connectivity index (χ1v) is 8.96. The van der Waals surface area contributed by atoms with Crippen LogP contribution in [0.3, 0.4) is 0 Å². The lowest BCUT2D eigenvalue weighted by Crippen LogP contribution is -2.33. The molecule has 0 aromatic heterocycles. The molecule has 0 saturated heterocycles. The van der Waals surface area contributed by atoms with Crippen molar-refractivity contribution in [2.24, 2.45) is 5.41 Å². The lowest BCUT2D eigenvalue weighted by Gasteiger charge is -2.38. The SMILES string of the molecule is CC1(C)CC(=O)C2=C(C1)OC1(CCC(c3ccccc3)CC1)C2. The number of hydrogen-bond donors (Lipinski definition) is 0. The number of benzene rings is 1. The number of carbonyl (C=O) groups is 1. The zero-order valence-electron chi connectivity index (χ0n) is 14.2. The summed E-state index contributed by atoms with van der Waals surface area (Å²) in [4.78, 5) is 12.5. The van der Waals surface area contributed by atoms with E-state index >= 15 is 0 Å². The van der Waals surface area contributed by atoms with Crippen LogP contribution >= 0.6 is 0 Å². The van der Waals surface area contributed by atoms with Crippen LogP contribution in [0.4, 0.5) is 0 Å². The van der Waals surface area contributed by atoms with Crippen molar-refractivity contribution in [3.05, 3.63) is 47.2 Å². The van der Waals surface area contributed by atoms with Crippen molar-refractivity contribution in [1.29, 1.82) is 0 Å². The van der Waals surface area contributed by atoms with Gasteiger partial charge < -0.3 is 4.74 Å². The second-order valence-corrected chi connectivity index (χ2v) is 8.49. The Morgan fingerprint density at radius 2 is 1.70 bits per heavy atom. The Morgan fingerprint density at radius 1 is 1.00 bits per heavy atom. The summed E-state index contributed by atoms with van der Waals surface area (Å²) in [5, 5.41) is 0. The monoisotopic (exact) mass is 310 g/mol. The van der Waals surface area contributed by atoms with Gasteiger partial charge in [-0.15, -0.1) is 0 Å². The molecule has 2 heteroatoms. The molecule has 1 heterocycles. The van der Waals surface area contributed by atoms with Crippen LogP contribution in [0.25, 0.3) is 0 Å². The van der Waals surface area contributed by atoms with Gasteiger partial charge in [-0.3, -0.25) is 4.79 Å². The predicted octanol–water partition coefficient (Wildman–Crippen LogP) is 5.15. The van der Waals surface area contributed by atoms with Gasteiger partial charge in [0.15, 0.2) is 5.78 Å². The number of ketones is 1. The van der Waals surface area contributed by atoms with Crippen molar-refractivity contribution < 1.29 is 9.53 Å². The van der Waals surface area contributed by atoms with Gasteiger partial charge in [0.05, 0.1) is 0 Å². The standard InChI is InChI=1S/C21H26O2/c1-20(2)13-18(22)17-12-21(23-19(17)14-20)10-8-16(9-11-21)15-6-4-3-5-7-15/h3-7,16H,8-14H2,1-2H3. The number of rotatable bonds is 1. The van der Waals surface area contributed by atoms with Gasteiger partial charge >= 0.3 is 0 Å². The van der Waals surface area contributed by atoms with Gasteiger partial charge in [0.2, 0.25) is 0 Å². The number of carbonyl (C=O) groups excluding carboxylic acids is 1. The topological polar surface area (TPSA) is 26.3 Å². The van der Waals surface area contributed by atoms with E-state index in [1.54, 1.807) is 0 Å². The molecule has 0 radical (unpaired) electrons. The Hall–Kier alpha value is -1.57. The highest BCUT2D eigenvalue weighted by atomic mass is 16.5. The van der Waals surface area contributed by atoms with E-state index in [1.165, 1.54) is 18.4 Å². The molecule has 4 rings (SSSR count). The maximum Gasteiger partial charge on any atom is 0.162 e. The van der Waals surface area contributed by atoms with E-state index in [-0.39, 0.29) is 11.0 Å². The van der Waals surface area contributed by atoms with E-state index in [4.69, 9.17) is 4.74 Å². The Labute approximate surface area is 138 Å². The fourth-order valence-corrected chi connectivity index (χ4v) is 4.70. The van der Waals surface area contributed by atoms with Crippen LogP contribution in [-0.2, 0) is 9.53 Å². The van der Waals surface area contributed by atoms with Crippen molar-refractivity contribution in [2.45, 2.75) is 70.3 Å². The largest absolute Gasteiger partial charge is 0.491 e. The second-order valence-electron chi connectivity index (χ2n) is 8.49. The van der Waals surface area contributed by atoms with Crippen molar-refractivity contribution in [3.63, 3.8) is 0 Å². The van der Waals surface area contributed by atoms with Crippen LogP contribution in [0.15, 0.2) is 41.7 Å². The minimum absolute atomic E-state index is 0.0582. The molecule has 1 saturated carbocycles. The molecule has 2 nitrogen and oxygen atoms in total. The van der Waals surface area contributed by atoms with Gasteiger partial charge in [0.1, 0.15) is 11.4 Å². The average molecular weight is 310 g/mol. The molecular weight excluding hydrogens is 284 g/mol. The number of hydrogen-bond acceptors (Lipinski definition) is 2. The summed E-state index contributed by atoms with van der Waals surface area (Å²) in [6.07, 6.45) is 6.96. The Balaban J connectivity index is 1.47. The molecule has 1 spiro atoms. The third kappa shape index (κ3) is 2.73. The molecule has 1 aromatic rings. The van der Waals surface area contributed by atoms with Gasteiger partial charge in [0, 0.05) is 24.8 Å². The van der Waals surface area contributed by atoms with Gasteiger partial charge in [-0.25, -0.2) is 0 Å². The van der Waals surface area contributed by atoms with Gasteiger partial charge in [-0.1, -0.05) is 44.2 Å². The first-order chi connectivity index (χ1) is 11.0. The Kier molecular flexibility index (Phi) is 3.40. The normalized spacial score (nSPS) is 32.8. The van der Waals surface area contributed by atoms with E-state index < -0.39 is 0 Å². The number of ether oxygens (including phenoxy) is 1. The summed E-state index contributed by atoms with van der Waals surface area (Å²) in [6, 6.07) is 10.8. The van der Waals surface area contributed by atoms with Crippen molar-refractivity contribution >= 4 is 5.78 Å². The molecule has 0 atom stereocenters. The third-order valence-electron chi connectivity index (χ3n) is 5.96. The molecule has 0 amide bonds. The summed E-state index contributed by atoms with van der Waals surface area (Å²) in [7, 11) is 0. The molecule has 1 aromatic carbocycles. The van der Waals surface area contributed by atoms with Crippen molar-refractivity contribution in [2.75, 3.05) is 0 Å². The average Bonchev–Trinajstić information content (AvgIpc) is 2.86. The maximum absolute atomic E-state index is 12.5. The van der Waals surface area contributed by atoms with E-state index in [9.17, 15) is 4.79 Å². The van der Waals surface area contributed by atoms with E-state index in [2.05, 4.69) is 44.2 Å². The van der Waals surface area contributed by atoms with E-state index in [1.807, 2.05) is 0 Å². The molecule has 0 bridgehead atoms. The molecule has 122 valence electrons. The molecule has 0 N–H and O–H groups in total. The lowest BCUT2D eigenvalue weighted by molar-refractivity contribution is -0.118. The first-order valence-electron chi connectivity index (χ1n) is 8.96. The highest BCUT2D eigenvalue weighted by Gasteiger charge is 2.48. The van der Waals surface area contributed by atoms with Crippen LogP contribution in [0, 0.1) is 5.41 Å². The van der Waals surface area contributed by atoms with Crippen LogP contribution in [0.1, 0.15) is 70.3 Å². The minimum Gasteiger partial charge on any atom is -0.491 e. The zero-order valence-corrected chi connectivity index (χ0v) is 14.2. The Morgan fingerprint density at radius 3 is 2.39 bits per heavy atom. The summed E-state index contributed by atoms with van der Waals surface area (Å²) in [6.45, 7) is 4.35. The van der Waals surface area contributed by atoms with Gasteiger partial charge in [-0.05, 0) is 42.6 Å². The third-order valence-corrected chi connectivity index (χ3v) is 5.96. The summed E-state index contributed by atoms with van der Waals surface area (Å²) >= 11 is 0. The summed E-state index contributed by atoms with van der Waals surface area (Å²) < 4.78 is 6.44. The molecular formula is C21H26O2. The maximum atomic E-state index is 12.5. The van der Waals surface area contributed by atoms with Crippen LogP contribution < -0.4 is 0 Å². The number of Topliss-reactive ketones (excluding diaryl/α,β-unsaturated/α-hetero) is 1. The van der Waals surface area contributed by atoms with E-state index in [0.29, 0.717) is 18.1 Å². The van der Waals surface area contributed by atoms with Crippen LogP contribution in [0.2, 0.25) is 0 Å². The minimum atomic E-state index is -0.0774. The number of allylic oxidation sites excluding steroid dienone is 1. The predicted molar refractivity (Wildman–Crippen MR) is 91.1 cm³/mol. The fraction of sp³-hybridized carbons (Fsp3) is 0.571. The molecule has 0 unspecified atom stereocenters. The smallest absolute Gasteiger partial charge is 0.162 e. The second kappa shape index (κ2) is 5.22. The van der Waals surface area contributed by atoms with Gasteiger partial charge in [0.25, 0.3) is 0 Å². The quantitative estimate of drug-likeness (QED) is 0.717. The molecule has 1 fully saturated rings. The van der Waals surface area contributed by atoms with Crippen LogP contribution in [-0.4, -0.2) is 11.4 Å². The molecule has 23 heavy (non-hydrogen) atoms. The van der Waals surface area contributed by atoms with Crippen molar-refractivity contribution in [1.82, 2.24) is 0 Å². The summed E-state index contributed by atoms with van der Waals surface area (Å²) in [5.41, 5.74) is 2.45. The molecule has 2 aliphatic carbocycles. The molecule has 1 aliphatic heterocycles. The van der Waals surface area contributed by atoms with Crippen LogP contribution in [0.5, 0.6) is 0 Å². The first kappa shape index (κ1) is 15.0. The highest BCUT2D eigenvalue weighted by molar-refractivity contribution is 5.97. The zero-order chi connectivity index (χ0) is 16.1.